The predicted molar refractivity (Wildman–Crippen MR) is 98.4 cm³/mol. The molecular formula is C18H23ClN4O2. The standard InChI is InChI=1S/C18H23ClN4O2/c1-18(2,3)16-10-13-11-22(7-8-23(13)21-16)17(24)20-12-5-6-15(25-4)14(19)9-12/h5-6,9-10H,7-8,11H2,1-4H3,(H,20,24). The van der Waals surface area contributed by atoms with Crippen molar-refractivity contribution in [2.24, 2.45) is 0 Å². The summed E-state index contributed by atoms with van der Waals surface area (Å²) in [5.74, 6) is 0.580. The number of hydrogen-bond acceptors (Lipinski definition) is 3. The van der Waals surface area contributed by atoms with E-state index in [1.54, 1.807) is 30.2 Å². The first-order chi connectivity index (χ1) is 11.8. The molecule has 0 atom stereocenters. The van der Waals surface area contributed by atoms with E-state index in [4.69, 9.17) is 16.3 Å². The molecule has 1 aromatic heterocycles. The highest BCUT2D eigenvalue weighted by atomic mass is 35.5. The van der Waals surface area contributed by atoms with Gasteiger partial charge in [-0.25, -0.2) is 4.79 Å². The largest absolute Gasteiger partial charge is 0.495 e. The number of anilines is 1. The van der Waals surface area contributed by atoms with Crippen molar-refractivity contribution in [3.63, 3.8) is 0 Å². The van der Waals surface area contributed by atoms with Crippen molar-refractivity contribution in [1.82, 2.24) is 14.7 Å². The molecule has 1 aliphatic rings. The molecule has 0 spiro atoms. The first-order valence-corrected chi connectivity index (χ1v) is 8.62. The van der Waals surface area contributed by atoms with Crippen LogP contribution in [0.2, 0.25) is 5.02 Å². The fourth-order valence-electron chi connectivity index (χ4n) is 2.75. The number of rotatable bonds is 2. The summed E-state index contributed by atoms with van der Waals surface area (Å²) in [5, 5.41) is 8.01. The number of fused-ring (bicyclic) bond motifs is 1. The van der Waals surface area contributed by atoms with Crippen LogP contribution in [0.4, 0.5) is 10.5 Å². The van der Waals surface area contributed by atoms with Crippen LogP contribution in [0.5, 0.6) is 5.75 Å². The Labute approximate surface area is 152 Å². The monoisotopic (exact) mass is 362 g/mol. The third-order valence-corrected chi connectivity index (χ3v) is 4.55. The number of ether oxygens (including phenoxy) is 1. The zero-order chi connectivity index (χ0) is 18.2. The van der Waals surface area contributed by atoms with Crippen molar-refractivity contribution >= 4 is 23.3 Å². The molecular weight excluding hydrogens is 340 g/mol. The molecule has 25 heavy (non-hydrogen) atoms. The van der Waals surface area contributed by atoms with Crippen molar-refractivity contribution in [1.29, 1.82) is 0 Å². The maximum Gasteiger partial charge on any atom is 0.322 e. The van der Waals surface area contributed by atoms with Gasteiger partial charge in [-0.3, -0.25) is 4.68 Å². The Balaban J connectivity index is 1.70. The molecule has 1 aliphatic heterocycles. The van der Waals surface area contributed by atoms with Gasteiger partial charge in [0.2, 0.25) is 0 Å². The summed E-state index contributed by atoms with van der Waals surface area (Å²) in [5.41, 5.74) is 2.74. The van der Waals surface area contributed by atoms with E-state index in [0.29, 0.717) is 36.1 Å². The lowest BCUT2D eigenvalue weighted by atomic mass is 9.92. The molecule has 0 saturated heterocycles. The SMILES string of the molecule is COc1ccc(NC(=O)N2CCn3nc(C(C)(C)C)cc3C2)cc1Cl. The second-order valence-electron chi connectivity index (χ2n) is 7.20. The highest BCUT2D eigenvalue weighted by molar-refractivity contribution is 6.32. The van der Waals surface area contributed by atoms with E-state index < -0.39 is 0 Å². The van der Waals surface area contributed by atoms with Crippen LogP contribution in [0.15, 0.2) is 24.3 Å². The number of benzene rings is 1. The van der Waals surface area contributed by atoms with Crippen molar-refractivity contribution in [2.45, 2.75) is 39.3 Å². The number of halogens is 1. The van der Waals surface area contributed by atoms with Crippen molar-refractivity contribution < 1.29 is 9.53 Å². The van der Waals surface area contributed by atoms with Gasteiger partial charge in [-0.15, -0.1) is 0 Å². The second-order valence-corrected chi connectivity index (χ2v) is 7.60. The van der Waals surface area contributed by atoms with E-state index in [0.717, 1.165) is 11.4 Å². The summed E-state index contributed by atoms with van der Waals surface area (Å²) in [6.45, 7) is 8.27. The van der Waals surface area contributed by atoms with E-state index >= 15 is 0 Å². The topological polar surface area (TPSA) is 59.4 Å². The number of urea groups is 1. The molecule has 2 amide bonds. The van der Waals surface area contributed by atoms with Gasteiger partial charge in [0.05, 0.1) is 36.6 Å². The van der Waals surface area contributed by atoms with E-state index in [9.17, 15) is 4.79 Å². The summed E-state index contributed by atoms with van der Waals surface area (Å²) in [6.07, 6.45) is 0. The number of amides is 2. The highest BCUT2D eigenvalue weighted by Crippen LogP contribution is 2.28. The van der Waals surface area contributed by atoms with Crippen LogP contribution in [0.25, 0.3) is 0 Å². The Kier molecular flexibility index (Phi) is 4.64. The number of hydrogen-bond donors (Lipinski definition) is 1. The van der Waals surface area contributed by atoms with Gasteiger partial charge in [-0.05, 0) is 24.3 Å². The smallest absolute Gasteiger partial charge is 0.322 e. The third-order valence-electron chi connectivity index (χ3n) is 4.26. The van der Waals surface area contributed by atoms with Crippen LogP contribution in [-0.2, 0) is 18.5 Å². The van der Waals surface area contributed by atoms with E-state index in [-0.39, 0.29) is 11.4 Å². The Morgan fingerprint density at radius 2 is 2.04 bits per heavy atom. The maximum absolute atomic E-state index is 12.6. The number of carbonyl (C=O) groups excluding carboxylic acids is 1. The van der Waals surface area contributed by atoms with E-state index in [2.05, 4.69) is 37.3 Å². The summed E-state index contributed by atoms with van der Waals surface area (Å²) in [6, 6.07) is 7.13. The van der Waals surface area contributed by atoms with Crippen LogP contribution < -0.4 is 10.1 Å². The van der Waals surface area contributed by atoms with Crippen LogP contribution in [-0.4, -0.2) is 34.4 Å². The Bertz CT molecular complexity index is 795. The van der Waals surface area contributed by atoms with Gasteiger partial charge < -0.3 is 15.0 Å². The fraction of sp³-hybridized carbons (Fsp3) is 0.444. The zero-order valence-electron chi connectivity index (χ0n) is 15.0. The fourth-order valence-corrected chi connectivity index (χ4v) is 3.01. The Morgan fingerprint density at radius 3 is 2.68 bits per heavy atom. The van der Waals surface area contributed by atoms with E-state index in [1.807, 2.05) is 4.68 Å². The summed E-state index contributed by atoms with van der Waals surface area (Å²) >= 11 is 6.11. The molecule has 7 heteroatoms. The number of nitrogens with one attached hydrogen (secondary N) is 1. The molecule has 0 fully saturated rings. The van der Waals surface area contributed by atoms with Crippen LogP contribution >= 0.6 is 11.6 Å². The minimum Gasteiger partial charge on any atom is -0.495 e. The number of carbonyl (C=O) groups is 1. The van der Waals surface area contributed by atoms with Gasteiger partial charge >= 0.3 is 6.03 Å². The maximum atomic E-state index is 12.6. The lowest BCUT2D eigenvalue weighted by molar-refractivity contribution is 0.194. The number of nitrogens with zero attached hydrogens (tertiary/aromatic N) is 3. The molecule has 0 bridgehead atoms. The van der Waals surface area contributed by atoms with Gasteiger partial charge in [0.15, 0.2) is 0 Å². The second kappa shape index (κ2) is 6.59. The molecule has 0 unspecified atom stereocenters. The minimum atomic E-state index is -0.147. The molecule has 2 aromatic rings. The van der Waals surface area contributed by atoms with Crippen molar-refractivity contribution in [3.05, 3.63) is 40.7 Å². The van der Waals surface area contributed by atoms with Gasteiger partial charge in [-0.2, -0.15) is 5.10 Å². The molecule has 3 rings (SSSR count). The number of aromatic nitrogens is 2. The lowest BCUT2D eigenvalue weighted by Crippen LogP contribution is -2.40. The first kappa shape index (κ1) is 17.6. The molecule has 0 saturated carbocycles. The molecule has 0 aliphatic carbocycles. The molecule has 6 nitrogen and oxygen atoms in total. The quantitative estimate of drug-likeness (QED) is 0.881. The van der Waals surface area contributed by atoms with Crippen LogP contribution in [0, 0.1) is 0 Å². The predicted octanol–water partition coefficient (Wildman–Crippen LogP) is 3.89. The van der Waals surface area contributed by atoms with Gasteiger partial charge in [-0.1, -0.05) is 32.4 Å². The molecule has 0 radical (unpaired) electrons. The zero-order valence-corrected chi connectivity index (χ0v) is 15.7. The summed E-state index contributed by atoms with van der Waals surface area (Å²) in [7, 11) is 1.56. The van der Waals surface area contributed by atoms with Crippen molar-refractivity contribution in [3.8, 4) is 5.75 Å². The van der Waals surface area contributed by atoms with Crippen LogP contribution in [0.3, 0.4) is 0 Å². The number of methoxy groups -OCH3 is 1. The molecule has 1 N–H and O–H groups in total. The third kappa shape index (κ3) is 3.74. The summed E-state index contributed by atoms with van der Waals surface area (Å²) in [4.78, 5) is 14.3. The normalized spacial score (nSPS) is 14.2. The average Bonchev–Trinajstić information content (AvgIpc) is 2.98. The van der Waals surface area contributed by atoms with Crippen LogP contribution in [0.1, 0.15) is 32.2 Å². The Morgan fingerprint density at radius 1 is 1.28 bits per heavy atom. The van der Waals surface area contributed by atoms with Gasteiger partial charge in [0.25, 0.3) is 0 Å². The Hall–Kier alpha value is -2.21. The minimum absolute atomic E-state index is 0.00271. The van der Waals surface area contributed by atoms with E-state index in [1.165, 1.54) is 0 Å². The molecule has 134 valence electrons. The first-order valence-electron chi connectivity index (χ1n) is 8.24. The highest BCUT2D eigenvalue weighted by Gasteiger charge is 2.25. The van der Waals surface area contributed by atoms with Gasteiger partial charge in [0, 0.05) is 17.6 Å². The van der Waals surface area contributed by atoms with Crippen molar-refractivity contribution in [2.75, 3.05) is 19.0 Å². The lowest BCUT2D eigenvalue weighted by Gasteiger charge is -2.27. The summed E-state index contributed by atoms with van der Waals surface area (Å²) < 4.78 is 7.12. The average molecular weight is 363 g/mol. The van der Waals surface area contributed by atoms with Gasteiger partial charge in [0.1, 0.15) is 5.75 Å². The molecule has 1 aromatic carbocycles. The molecule has 2 heterocycles.